The highest BCUT2D eigenvalue weighted by Gasteiger charge is 2.29. The summed E-state index contributed by atoms with van der Waals surface area (Å²) in [5.41, 5.74) is 0.679. The molecule has 1 fully saturated rings. The van der Waals surface area contributed by atoms with E-state index in [1.54, 1.807) is 35.2 Å². The quantitative estimate of drug-likeness (QED) is 0.702. The zero-order chi connectivity index (χ0) is 19.0. The van der Waals surface area contributed by atoms with Gasteiger partial charge in [-0.2, -0.15) is 9.78 Å². The number of fused-ring (bicyclic) bond motifs is 1. The first-order valence-corrected chi connectivity index (χ1v) is 9.07. The Morgan fingerprint density at radius 1 is 0.963 bits per heavy atom. The molecule has 0 saturated carbocycles. The van der Waals surface area contributed by atoms with Crippen molar-refractivity contribution in [2.24, 2.45) is 0 Å². The van der Waals surface area contributed by atoms with E-state index in [9.17, 15) is 9.59 Å². The molecule has 0 aliphatic carbocycles. The van der Waals surface area contributed by atoms with E-state index in [0.29, 0.717) is 29.5 Å². The normalized spacial score (nSPS) is 20.0. The van der Waals surface area contributed by atoms with Crippen molar-refractivity contribution in [3.8, 4) is 5.69 Å². The minimum Gasteiger partial charge on any atom is -0.372 e. The zero-order valence-electron chi connectivity index (χ0n) is 15.3. The smallest absolute Gasteiger partial charge is 0.279 e. The fraction of sp³-hybridized carbons (Fsp3) is 0.286. The third kappa shape index (κ3) is 3.24. The van der Waals surface area contributed by atoms with Gasteiger partial charge in [0.15, 0.2) is 5.69 Å². The minimum atomic E-state index is -0.239. The highest BCUT2D eigenvalue weighted by atomic mass is 16.5. The van der Waals surface area contributed by atoms with Crippen molar-refractivity contribution >= 4 is 16.7 Å². The van der Waals surface area contributed by atoms with Crippen LogP contribution in [-0.2, 0) is 4.74 Å². The topological polar surface area (TPSA) is 64.4 Å². The van der Waals surface area contributed by atoms with Gasteiger partial charge in [0.25, 0.3) is 11.5 Å². The molecule has 2 atom stereocenters. The number of benzene rings is 2. The Labute approximate surface area is 157 Å². The second-order valence-corrected chi connectivity index (χ2v) is 6.91. The van der Waals surface area contributed by atoms with Gasteiger partial charge >= 0.3 is 0 Å². The maximum Gasteiger partial charge on any atom is 0.279 e. The molecule has 0 radical (unpaired) electrons. The van der Waals surface area contributed by atoms with Crippen LogP contribution in [-0.4, -0.2) is 45.9 Å². The number of morpholine rings is 1. The second kappa shape index (κ2) is 6.96. The maximum atomic E-state index is 13.3. The molecule has 2 heterocycles. The van der Waals surface area contributed by atoms with E-state index >= 15 is 0 Å². The summed E-state index contributed by atoms with van der Waals surface area (Å²) in [6, 6.07) is 16.3. The molecule has 1 amide bonds. The van der Waals surface area contributed by atoms with Gasteiger partial charge < -0.3 is 9.64 Å². The fourth-order valence-corrected chi connectivity index (χ4v) is 3.59. The van der Waals surface area contributed by atoms with Gasteiger partial charge in [0.1, 0.15) is 0 Å². The Morgan fingerprint density at radius 2 is 1.56 bits per heavy atom. The molecule has 4 rings (SSSR count). The van der Waals surface area contributed by atoms with Crippen LogP contribution in [0.15, 0.2) is 59.4 Å². The van der Waals surface area contributed by atoms with Crippen molar-refractivity contribution in [3.63, 3.8) is 0 Å². The van der Waals surface area contributed by atoms with Crippen molar-refractivity contribution in [3.05, 3.63) is 70.6 Å². The standard InChI is InChI=1S/C21H21N3O3/c1-14-12-23(13-15(2)27-14)21(26)19-17-10-6-7-11-18(17)20(25)24(22-19)16-8-4-3-5-9-16/h3-11,14-15H,12-13H2,1-2H3/t14-,15-/m1/s1. The average molecular weight is 363 g/mol. The molecule has 1 aromatic heterocycles. The van der Waals surface area contributed by atoms with Gasteiger partial charge in [0.2, 0.25) is 0 Å². The summed E-state index contributed by atoms with van der Waals surface area (Å²) in [6.07, 6.45) is -0.0759. The molecule has 0 unspecified atom stereocenters. The molecule has 6 heteroatoms. The number of hydrogen-bond acceptors (Lipinski definition) is 4. The van der Waals surface area contributed by atoms with E-state index in [0.717, 1.165) is 0 Å². The molecule has 138 valence electrons. The molecule has 0 bridgehead atoms. The third-order valence-corrected chi connectivity index (χ3v) is 4.72. The Hall–Kier alpha value is -2.99. The van der Waals surface area contributed by atoms with Gasteiger partial charge in [-0.25, -0.2) is 0 Å². The summed E-state index contributed by atoms with van der Waals surface area (Å²) in [6.45, 7) is 4.91. The van der Waals surface area contributed by atoms with Crippen LogP contribution in [0, 0.1) is 0 Å². The van der Waals surface area contributed by atoms with E-state index in [2.05, 4.69) is 5.10 Å². The Morgan fingerprint density at radius 3 is 2.22 bits per heavy atom. The van der Waals surface area contributed by atoms with Gasteiger partial charge in [-0.1, -0.05) is 36.4 Å². The molecule has 1 aliphatic heterocycles. The lowest BCUT2D eigenvalue weighted by atomic mass is 10.1. The minimum absolute atomic E-state index is 0.0380. The van der Waals surface area contributed by atoms with Crippen molar-refractivity contribution in [2.45, 2.75) is 26.1 Å². The van der Waals surface area contributed by atoms with Crippen LogP contribution in [0.4, 0.5) is 0 Å². The number of carbonyl (C=O) groups is 1. The monoisotopic (exact) mass is 363 g/mol. The van der Waals surface area contributed by atoms with Crippen molar-refractivity contribution in [2.75, 3.05) is 13.1 Å². The van der Waals surface area contributed by atoms with Crippen LogP contribution < -0.4 is 5.56 Å². The predicted molar refractivity (Wildman–Crippen MR) is 103 cm³/mol. The van der Waals surface area contributed by atoms with Crippen LogP contribution in [0.1, 0.15) is 24.3 Å². The summed E-state index contributed by atoms with van der Waals surface area (Å²) >= 11 is 0. The number of para-hydroxylation sites is 1. The Bertz CT molecular complexity index is 1040. The van der Waals surface area contributed by atoms with Gasteiger partial charge in [0, 0.05) is 18.5 Å². The van der Waals surface area contributed by atoms with Crippen molar-refractivity contribution < 1.29 is 9.53 Å². The molecule has 0 N–H and O–H groups in total. The molecule has 2 aromatic carbocycles. The predicted octanol–water partition coefficient (Wildman–Crippen LogP) is 2.64. The van der Waals surface area contributed by atoms with E-state index in [1.165, 1.54) is 4.68 Å². The number of ether oxygens (including phenoxy) is 1. The van der Waals surface area contributed by atoms with Gasteiger partial charge in [-0.05, 0) is 32.0 Å². The first-order chi connectivity index (χ1) is 13.0. The van der Waals surface area contributed by atoms with Crippen LogP contribution in [0.25, 0.3) is 16.5 Å². The number of carbonyl (C=O) groups excluding carboxylic acids is 1. The SMILES string of the molecule is C[C@@H]1CN(C(=O)c2nn(-c3ccccc3)c(=O)c3ccccc23)C[C@@H](C)O1. The Balaban J connectivity index is 1.88. The van der Waals surface area contributed by atoms with E-state index in [1.807, 2.05) is 38.1 Å². The van der Waals surface area contributed by atoms with E-state index in [4.69, 9.17) is 4.74 Å². The lowest BCUT2D eigenvalue weighted by Crippen LogP contribution is -2.48. The maximum absolute atomic E-state index is 13.3. The zero-order valence-corrected chi connectivity index (χ0v) is 15.3. The van der Waals surface area contributed by atoms with Crippen molar-refractivity contribution in [1.29, 1.82) is 0 Å². The molecule has 6 nitrogen and oxygen atoms in total. The van der Waals surface area contributed by atoms with Crippen LogP contribution in [0.5, 0.6) is 0 Å². The molecule has 1 saturated heterocycles. The first-order valence-electron chi connectivity index (χ1n) is 9.07. The van der Waals surface area contributed by atoms with Crippen LogP contribution in [0.3, 0.4) is 0 Å². The van der Waals surface area contributed by atoms with Gasteiger partial charge in [0.05, 0.1) is 23.3 Å². The molecule has 27 heavy (non-hydrogen) atoms. The second-order valence-electron chi connectivity index (χ2n) is 6.91. The summed E-state index contributed by atoms with van der Waals surface area (Å²) in [7, 11) is 0. The lowest BCUT2D eigenvalue weighted by Gasteiger charge is -2.35. The van der Waals surface area contributed by atoms with E-state index in [-0.39, 0.29) is 29.4 Å². The highest BCUT2D eigenvalue weighted by molar-refractivity contribution is 6.04. The largest absolute Gasteiger partial charge is 0.372 e. The molecule has 0 spiro atoms. The third-order valence-electron chi connectivity index (χ3n) is 4.72. The van der Waals surface area contributed by atoms with E-state index < -0.39 is 0 Å². The number of hydrogen-bond donors (Lipinski definition) is 0. The average Bonchev–Trinajstić information content (AvgIpc) is 2.68. The Kier molecular flexibility index (Phi) is 4.49. The van der Waals surface area contributed by atoms with Crippen LogP contribution >= 0.6 is 0 Å². The van der Waals surface area contributed by atoms with Crippen LogP contribution in [0.2, 0.25) is 0 Å². The molecule has 1 aliphatic rings. The summed E-state index contributed by atoms with van der Waals surface area (Å²) in [5, 5.41) is 5.52. The number of amides is 1. The van der Waals surface area contributed by atoms with Crippen molar-refractivity contribution in [1.82, 2.24) is 14.7 Å². The number of aromatic nitrogens is 2. The highest BCUT2D eigenvalue weighted by Crippen LogP contribution is 2.19. The van der Waals surface area contributed by atoms with Gasteiger partial charge in [-0.3, -0.25) is 9.59 Å². The molecular weight excluding hydrogens is 342 g/mol. The first kappa shape index (κ1) is 17.4. The summed E-state index contributed by atoms with van der Waals surface area (Å²) < 4.78 is 7.04. The fourth-order valence-electron chi connectivity index (χ4n) is 3.59. The number of nitrogens with zero attached hydrogens (tertiary/aromatic N) is 3. The lowest BCUT2D eigenvalue weighted by molar-refractivity contribution is -0.0587. The molecular formula is C21H21N3O3. The molecule has 3 aromatic rings. The van der Waals surface area contributed by atoms with Gasteiger partial charge in [-0.15, -0.1) is 0 Å². The summed E-state index contributed by atoms with van der Waals surface area (Å²) in [4.78, 5) is 28.0. The summed E-state index contributed by atoms with van der Waals surface area (Å²) in [5.74, 6) is -0.183. The number of rotatable bonds is 2.